The van der Waals surface area contributed by atoms with Gasteiger partial charge in [-0.1, -0.05) is 51.1 Å². The summed E-state index contributed by atoms with van der Waals surface area (Å²) < 4.78 is 25.6. The Morgan fingerprint density at radius 2 is 1.67 bits per heavy atom. The summed E-state index contributed by atoms with van der Waals surface area (Å²) in [6, 6.07) is 10.1. The maximum atomic E-state index is 6.54. The number of ether oxygens (including phenoxy) is 2. The fourth-order valence-electron chi connectivity index (χ4n) is 2.96. The minimum absolute atomic E-state index is 0.160. The topological polar surface area (TPSA) is 36.9 Å². The molecule has 27 heavy (non-hydrogen) atoms. The zero-order chi connectivity index (χ0) is 20.5. The molecule has 6 heteroatoms. The Hall–Kier alpha value is -0.506. The van der Waals surface area contributed by atoms with Crippen LogP contribution < -0.4 is 0 Å². The van der Waals surface area contributed by atoms with Gasteiger partial charge in [-0.25, -0.2) is 0 Å². The highest BCUT2D eigenvalue weighted by Crippen LogP contribution is 2.39. The van der Waals surface area contributed by atoms with Gasteiger partial charge in [0.05, 0.1) is 13.2 Å². The number of hydrogen-bond acceptors (Lipinski definition) is 4. The van der Waals surface area contributed by atoms with Crippen LogP contribution in [0.15, 0.2) is 30.3 Å². The van der Waals surface area contributed by atoms with Crippen LogP contribution in [-0.4, -0.2) is 41.6 Å². The van der Waals surface area contributed by atoms with E-state index in [1.807, 2.05) is 30.3 Å². The molecule has 1 saturated heterocycles. The normalized spacial score (nSPS) is 27.6. The molecule has 1 aromatic carbocycles. The Morgan fingerprint density at radius 3 is 2.19 bits per heavy atom. The van der Waals surface area contributed by atoms with E-state index in [2.05, 4.69) is 60.4 Å². The summed E-state index contributed by atoms with van der Waals surface area (Å²) >= 11 is 0. The molecule has 1 heterocycles. The Kier molecular flexibility index (Phi) is 6.82. The van der Waals surface area contributed by atoms with Crippen molar-refractivity contribution in [1.82, 2.24) is 0 Å². The molecule has 0 bridgehead atoms. The van der Waals surface area contributed by atoms with Crippen LogP contribution in [0.3, 0.4) is 0 Å². The van der Waals surface area contributed by atoms with Gasteiger partial charge >= 0.3 is 0 Å². The predicted octanol–water partition coefficient (Wildman–Crippen LogP) is 5.73. The molecule has 0 saturated carbocycles. The lowest BCUT2D eigenvalue weighted by Gasteiger charge is -2.48. The van der Waals surface area contributed by atoms with E-state index in [1.165, 1.54) is 0 Å². The van der Waals surface area contributed by atoms with E-state index >= 15 is 0 Å². The summed E-state index contributed by atoms with van der Waals surface area (Å²) in [5, 5.41) is 0.160. The Bertz CT molecular complexity index is 607. The molecule has 0 amide bonds. The molecule has 3 atom stereocenters. The average Bonchev–Trinajstić information content (AvgIpc) is 2.52. The molecule has 1 aromatic rings. The van der Waals surface area contributed by atoms with Gasteiger partial charge in [-0.05, 0) is 44.7 Å². The van der Waals surface area contributed by atoms with E-state index in [9.17, 15) is 0 Å². The molecule has 0 N–H and O–H groups in total. The molecule has 4 nitrogen and oxygen atoms in total. The van der Waals surface area contributed by atoms with Crippen LogP contribution in [-0.2, 0) is 18.3 Å². The highest BCUT2D eigenvalue weighted by molar-refractivity contribution is 6.74. The zero-order valence-electron chi connectivity index (χ0n) is 18.6. The van der Waals surface area contributed by atoms with E-state index in [0.29, 0.717) is 13.2 Å². The maximum Gasteiger partial charge on any atom is 0.192 e. The molecular formula is C21H38O4Si2. The van der Waals surface area contributed by atoms with Gasteiger partial charge in [0, 0.05) is 5.56 Å². The fourth-order valence-corrected chi connectivity index (χ4v) is 5.55. The highest BCUT2D eigenvalue weighted by atomic mass is 28.4. The summed E-state index contributed by atoms with van der Waals surface area (Å²) in [6.45, 7) is 21.1. The van der Waals surface area contributed by atoms with Crippen molar-refractivity contribution in [2.24, 2.45) is 0 Å². The van der Waals surface area contributed by atoms with E-state index in [-0.39, 0.29) is 17.4 Å². The minimum atomic E-state index is -1.88. The van der Waals surface area contributed by atoms with Crippen molar-refractivity contribution in [1.29, 1.82) is 0 Å². The van der Waals surface area contributed by atoms with Gasteiger partial charge in [0.1, 0.15) is 11.7 Å². The third kappa shape index (κ3) is 5.98. The molecular weight excluding hydrogens is 372 g/mol. The first-order valence-electron chi connectivity index (χ1n) is 9.90. The Labute approximate surface area is 167 Å². The second-order valence-electron chi connectivity index (χ2n) is 10.3. The van der Waals surface area contributed by atoms with Crippen molar-refractivity contribution in [3.8, 4) is 0 Å². The van der Waals surface area contributed by atoms with Gasteiger partial charge < -0.3 is 18.3 Å². The average molecular weight is 411 g/mol. The van der Waals surface area contributed by atoms with Crippen LogP contribution in [0.4, 0.5) is 0 Å². The van der Waals surface area contributed by atoms with Crippen molar-refractivity contribution in [3.05, 3.63) is 35.9 Å². The molecule has 1 aliphatic heterocycles. The lowest BCUT2D eigenvalue weighted by molar-refractivity contribution is -0.288. The quantitative estimate of drug-likeness (QED) is 0.561. The smallest absolute Gasteiger partial charge is 0.192 e. The lowest BCUT2D eigenvalue weighted by Crippen LogP contribution is -2.59. The minimum Gasteiger partial charge on any atom is -0.414 e. The van der Waals surface area contributed by atoms with E-state index in [4.69, 9.17) is 18.3 Å². The van der Waals surface area contributed by atoms with Crippen LogP contribution in [0.5, 0.6) is 0 Å². The summed E-state index contributed by atoms with van der Waals surface area (Å²) in [5.41, 5.74) is 0.530. The van der Waals surface area contributed by atoms with Crippen molar-refractivity contribution < 1.29 is 18.3 Å². The van der Waals surface area contributed by atoms with Gasteiger partial charge in [-0.2, -0.15) is 0 Å². The first kappa shape index (κ1) is 22.8. The number of benzene rings is 1. The fraction of sp³-hybridized carbons (Fsp3) is 0.714. The van der Waals surface area contributed by atoms with Crippen molar-refractivity contribution >= 4 is 16.6 Å². The van der Waals surface area contributed by atoms with Gasteiger partial charge in [-0.3, -0.25) is 0 Å². The van der Waals surface area contributed by atoms with Crippen molar-refractivity contribution in [3.63, 3.8) is 0 Å². The highest BCUT2D eigenvalue weighted by Gasteiger charge is 2.47. The van der Waals surface area contributed by atoms with Crippen LogP contribution in [0.25, 0.3) is 0 Å². The van der Waals surface area contributed by atoms with Gasteiger partial charge in [0.25, 0.3) is 0 Å². The van der Waals surface area contributed by atoms with E-state index in [1.54, 1.807) is 0 Å². The van der Waals surface area contributed by atoms with Crippen LogP contribution in [0.1, 0.15) is 39.5 Å². The standard InChI is InChI=1S/C21H38O4Si2/c1-20(2,3)27(8,9)23-15-18-21(4,25-26(5,6)7)16-22-19(24-18)17-13-11-10-12-14-17/h10-14,18-19H,15-16H2,1-9H3/t18-,19+,21+/m1/s1. The van der Waals surface area contributed by atoms with Crippen LogP contribution >= 0.6 is 0 Å². The third-order valence-corrected chi connectivity index (χ3v) is 11.1. The monoisotopic (exact) mass is 410 g/mol. The molecule has 2 rings (SSSR count). The summed E-state index contributed by atoms with van der Waals surface area (Å²) in [7, 11) is -3.65. The number of hydrogen-bond donors (Lipinski definition) is 0. The molecule has 0 aliphatic carbocycles. The number of rotatable bonds is 6. The summed E-state index contributed by atoms with van der Waals surface area (Å²) in [5.74, 6) is 0. The summed E-state index contributed by atoms with van der Waals surface area (Å²) in [6.07, 6.45) is -0.546. The SMILES string of the molecule is CC(C)(C)[Si](C)(C)OC[C@H]1O[C@@H](c2ccccc2)OC[C@]1(C)O[Si](C)(C)C. The van der Waals surface area contributed by atoms with Crippen molar-refractivity contribution in [2.45, 2.75) is 83.5 Å². The van der Waals surface area contributed by atoms with Crippen LogP contribution in [0, 0.1) is 0 Å². The second-order valence-corrected chi connectivity index (χ2v) is 19.5. The largest absolute Gasteiger partial charge is 0.414 e. The van der Waals surface area contributed by atoms with Gasteiger partial charge in [-0.15, -0.1) is 0 Å². The molecule has 1 aliphatic rings. The van der Waals surface area contributed by atoms with Gasteiger partial charge in [0.15, 0.2) is 22.9 Å². The Balaban J connectivity index is 2.20. The van der Waals surface area contributed by atoms with Crippen LogP contribution in [0.2, 0.25) is 37.8 Å². The first-order valence-corrected chi connectivity index (χ1v) is 16.2. The van der Waals surface area contributed by atoms with Crippen molar-refractivity contribution in [2.75, 3.05) is 13.2 Å². The molecule has 0 spiro atoms. The lowest BCUT2D eigenvalue weighted by atomic mass is 9.99. The maximum absolute atomic E-state index is 6.54. The molecule has 0 unspecified atom stereocenters. The van der Waals surface area contributed by atoms with Gasteiger partial charge in [0.2, 0.25) is 0 Å². The van der Waals surface area contributed by atoms with E-state index < -0.39 is 22.2 Å². The molecule has 0 radical (unpaired) electrons. The summed E-state index contributed by atoms with van der Waals surface area (Å²) in [4.78, 5) is 0. The first-order chi connectivity index (χ1) is 12.2. The molecule has 0 aromatic heterocycles. The molecule has 1 fully saturated rings. The zero-order valence-corrected chi connectivity index (χ0v) is 20.6. The third-order valence-electron chi connectivity index (χ3n) is 5.50. The second kappa shape index (κ2) is 8.09. The predicted molar refractivity (Wildman–Crippen MR) is 116 cm³/mol. The van der Waals surface area contributed by atoms with E-state index in [0.717, 1.165) is 5.56 Å². The molecule has 154 valence electrons. The Morgan fingerprint density at radius 1 is 1.07 bits per heavy atom.